The van der Waals surface area contributed by atoms with Gasteiger partial charge in [0.1, 0.15) is 6.54 Å². The van der Waals surface area contributed by atoms with E-state index in [1.165, 1.54) is 12.7 Å². The standard InChI is InChI=1S/C24H29N3O3/c1-4-26(5-2)22(18-11-7-6-8-12-18)15-25-23(28)17-27-16-20(24(29)30-3)19-13-9-10-14-21(19)27/h6-14,16,22H,4-5,15,17H2,1-3H3,(H,25,28). The molecule has 0 aliphatic carbocycles. The van der Waals surface area contributed by atoms with Crippen molar-refractivity contribution in [2.24, 2.45) is 0 Å². The maximum absolute atomic E-state index is 12.8. The van der Waals surface area contributed by atoms with Crippen molar-refractivity contribution in [3.05, 3.63) is 71.9 Å². The average Bonchev–Trinajstić information content (AvgIpc) is 3.15. The number of carbonyl (C=O) groups excluding carboxylic acids is 2. The summed E-state index contributed by atoms with van der Waals surface area (Å²) in [7, 11) is 1.36. The van der Waals surface area contributed by atoms with Crippen molar-refractivity contribution < 1.29 is 14.3 Å². The molecule has 1 heterocycles. The third kappa shape index (κ3) is 4.71. The maximum atomic E-state index is 12.8. The van der Waals surface area contributed by atoms with E-state index in [2.05, 4.69) is 36.2 Å². The van der Waals surface area contributed by atoms with Gasteiger partial charge in [0.2, 0.25) is 5.91 Å². The van der Waals surface area contributed by atoms with Crippen LogP contribution in [0, 0.1) is 0 Å². The van der Waals surface area contributed by atoms with Gasteiger partial charge >= 0.3 is 5.97 Å². The van der Waals surface area contributed by atoms with Crippen LogP contribution in [0.1, 0.15) is 35.8 Å². The van der Waals surface area contributed by atoms with Gasteiger partial charge in [-0.05, 0) is 24.7 Å². The van der Waals surface area contributed by atoms with Crippen molar-refractivity contribution in [2.45, 2.75) is 26.4 Å². The number of nitrogens with zero attached hydrogens (tertiary/aromatic N) is 2. The Hall–Kier alpha value is -3.12. The van der Waals surface area contributed by atoms with E-state index in [-0.39, 0.29) is 18.5 Å². The molecule has 0 aliphatic heterocycles. The Bertz CT molecular complexity index is 993. The topological polar surface area (TPSA) is 63.6 Å². The predicted molar refractivity (Wildman–Crippen MR) is 118 cm³/mol. The van der Waals surface area contributed by atoms with Gasteiger partial charge in [-0.3, -0.25) is 9.69 Å². The number of likely N-dealkylation sites (N-methyl/N-ethyl adjacent to an activating group) is 1. The van der Waals surface area contributed by atoms with Crippen LogP contribution >= 0.6 is 0 Å². The van der Waals surface area contributed by atoms with Crippen LogP contribution in [0.5, 0.6) is 0 Å². The van der Waals surface area contributed by atoms with Gasteiger partial charge in [-0.25, -0.2) is 4.79 Å². The molecule has 0 fully saturated rings. The van der Waals surface area contributed by atoms with Crippen molar-refractivity contribution in [2.75, 3.05) is 26.7 Å². The van der Waals surface area contributed by atoms with E-state index in [0.29, 0.717) is 12.1 Å². The fourth-order valence-electron chi connectivity index (χ4n) is 3.87. The lowest BCUT2D eigenvalue weighted by Gasteiger charge is -2.30. The zero-order valence-electron chi connectivity index (χ0n) is 17.8. The Balaban J connectivity index is 1.76. The molecule has 3 rings (SSSR count). The number of amides is 1. The molecule has 158 valence electrons. The number of nitrogens with one attached hydrogen (secondary N) is 1. The number of hydrogen-bond acceptors (Lipinski definition) is 4. The third-order valence-electron chi connectivity index (χ3n) is 5.44. The summed E-state index contributed by atoms with van der Waals surface area (Å²) in [5.41, 5.74) is 2.48. The molecule has 1 aromatic heterocycles. The van der Waals surface area contributed by atoms with Gasteiger partial charge < -0.3 is 14.6 Å². The molecular weight excluding hydrogens is 378 g/mol. The smallest absolute Gasteiger partial charge is 0.340 e. The van der Waals surface area contributed by atoms with Crippen molar-refractivity contribution in [3.8, 4) is 0 Å². The van der Waals surface area contributed by atoms with Gasteiger partial charge in [-0.1, -0.05) is 62.4 Å². The van der Waals surface area contributed by atoms with Crippen LogP contribution in [0.4, 0.5) is 0 Å². The van der Waals surface area contributed by atoms with Crippen LogP contribution in [-0.4, -0.2) is 48.1 Å². The molecule has 1 N–H and O–H groups in total. The second-order valence-electron chi connectivity index (χ2n) is 7.13. The molecule has 0 radical (unpaired) electrons. The fraction of sp³-hybridized carbons (Fsp3) is 0.333. The molecule has 0 bridgehead atoms. The van der Waals surface area contributed by atoms with Crippen LogP contribution < -0.4 is 5.32 Å². The van der Waals surface area contributed by atoms with Crippen molar-refractivity contribution in [1.29, 1.82) is 0 Å². The Morgan fingerprint density at radius 2 is 1.70 bits per heavy atom. The first-order valence-electron chi connectivity index (χ1n) is 10.3. The van der Waals surface area contributed by atoms with Gasteiger partial charge in [-0.2, -0.15) is 0 Å². The quantitative estimate of drug-likeness (QED) is 0.550. The van der Waals surface area contributed by atoms with Crippen LogP contribution in [0.2, 0.25) is 0 Å². The van der Waals surface area contributed by atoms with E-state index >= 15 is 0 Å². The van der Waals surface area contributed by atoms with Gasteiger partial charge in [0.05, 0.1) is 18.7 Å². The van der Waals surface area contributed by atoms with E-state index in [1.54, 1.807) is 10.8 Å². The van der Waals surface area contributed by atoms with Gasteiger partial charge in [0, 0.05) is 23.6 Å². The molecule has 1 atom stereocenters. The fourth-order valence-corrected chi connectivity index (χ4v) is 3.87. The molecule has 6 heteroatoms. The number of aromatic nitrogens is 1. The normalized spacial score (nSPS) is 12.1. The first kappa shape index (κ1) is 21.6. The molecule has 0 saturated heterocycles. The van der Waals surface area contributed by atoms with E-state index in [1.807, 2.05) is 42.5 Å². The summed E-state index contributed by atoms with van der Waals surface area (Å²) in [6.07, 6.45) is 1.69. The number of methoxy groups -OCH3 is 1. The lowest BCUT2D eigenvalue weighted by Crippen LogP contribution is -2.39. The number of fused-ring (bicyclic) bond motifs is 1. The number of ether oxygens (including phenoxy) is 1. The summed E-state index contributed by atoms with van der Waals surface area (Å²) in [5.74, 6) is -0.503. The molecule has 30 heavy (non-hydrogen) atoms. The highest BCUT2D eigenvalue weighted by Gasteiger charge is 2.20. The minimum absolute atomic E-state index is 0.0970. The number of para-hydroxylation sites is 1. The molecule has 3 aromatic rings. The zero-order valence-corrected chi connectivity index (χ0v) is 17.8. The molecule has 1 unspecified atom stereocenters. The third-order valence-corrected chi connectivity index (χ3v) is 5.44. The summed E-state index contributed by atoms with van der Waals surface area (Å²) in [6, 6.07) is 17.9. The summed E-state index contributed by atoms with van der Waals surface area (Å²) in [5, 5.41) is 3.86. The van der Waals surface area contributed by atoms with E-state index < -0.39 is 5.97 Å². The molecular formula is C24H29N3O3. The number of benzene rings is 2. The Morgan fingerprint density at radius 3 is 2.37 bits per heavy atom. The minimum Gasteiger partial charge on any atom is -0.465 e. The molecule has 1 amide bonds. The molecule has 0 aliphatic rings. The number of hydrogen-bond donors (Lipinski definition) is 1. The highest BCUT2D eigenvalue weighted by molar-refractivity contribution is 6.04. The Morgan fingerprint density at radius 1 is 1.03 bits per heavy atom. The largest absolute Gasteiger partial charge is 0.465 e. The molecule has 0 saturated carbocycles. The first-order chi connectivity index (χ1) is 14.6. The van der Waals surface area contributed by atoms with Crippen molar-refractivity contribution in [1.82, 2.24) is 14.8 Å². The monoisotopic (exact) mass is 407 g/mol. The number of carbonyl (C=O) groups is 2. The van der Waals surface area contributed by atoms with E-state index in [9.17, 15) is 9.59 Å². The van der Waals surface area contributed by atoms with Gasteiger partial charge in [0.25, 0.3) is 0 Å². The minimum atomic E-state index is -0.406. The highest BCUT2D eigenvalue weighted by atomic mass is 16.5. The number of rotatable bonds is 9. The Kier molecular flexibility index (Phi) is 7.25. The van der Waals surface area contributed by atoms with Crippen molar-refractivity contribution in [3.63, 3.8) is 0 Å². The molecule has 6 nitrogen and oxygen atoms in total. The molecule has 2 aromatic carbocycles. The zero-order chi connectivity index (χ0) is 21.5. The van der Waals surface area contributed by atoms with Crippen molar-refractivity contribution >= 4 is 22.8 Å². The van der Waals surface area contributed by atoms with Crippen LogP contribution in [0.25, 0.3) is 10.9 Å². The van der Waals surface area contributed by atoms with E-state index in [0.717, 1.165) is 24.0 Å². The lowest BCUT2D eigenvalue weighted by molar-refractivity contribution is -0.121. The predicted octanol–water partition coefficient (Wildman–Crippen LogP) is 3.63. The second-order valence-corrected chi connectivity index (χ2v) is 7.13. The highest BCUT2D eigenvalue weighted by Crippen LogP contribution is 2.22. The Labute approximate surface area is 177 Å². The second kappa shape index (κ2) is 10.1. The molecule has 0 spiro atoms. The lowest BCUT2D eigenvalue weighted by atomic mass is 10.1. The van der Waals surface area contributed by atoms with Crippen LogP contribution in [-0.2, 0) is 16.1 Å². The van der Waals surface area contributed by atoms with E-state index in [4.69, 9.17) is 4.74 Å². The van der Waals surface area contributed by atoms with Gasteiger partial charge in [-0.15, -0.1) is 0 Å². The maximum Gasteiger partial charge on any atom is 0.340 e. The van der Waals surface area contributed by atoms with Gasteiger partial charge in [0.15, 0.2) is 0 Å². The summed E-state index contributed by atoms with van der Waals surface area (Å²) >= 11 is 0. The number of esters is 1. The average molecular weight is 408 g/mol. The van der Waals surface area contributed by atoms with Crippen LogP contribution in [0.3, 0.4) is 0 Å². The summed E-state index contributed by atoms with van der Waals surface area (Å²) < 4.78 is 6.68. The summed E-state index contributed by atoms with van der Waals surface area (Å²) in [6.45, 7) is 6.71. The SMILES string of the molecule is CCN(CC)C(CNC(=O)Cn1cc(C(=O)OC)c2ccccc21)c1ccccc1. The first-order valence-corrected chi connectivity index (χ1v) is 10.3. The summed E-state index contributed by atoms with van der Waals surface area (Å²) in [4.78, 5) is 27.2. The van der Waals surface area contributed by atoms with Crippen LogP contribution in [0.15, 0.2) is 60.8 Å².